The largest absolute Gasteiger partial charge is 0.378 e. The van der Waals surface area contributed by atoms with Crippen molar-refractivity contribution >= 4 is 17.5 Å². The van der Waals surface area contributed by atoms with E-state index in [1.165, 1.54) is 0 Å². The Morgan fingerprint density at radius 3 is 2.50 bits per heavy atom. The SMILES string of the molecule is CN(C)c1ccc(CC(=O)N2CCc3ccc(C(=O)NO)cc3C2)cc1. The van der Waals surface area contributed by atoms with Crippen LogP contribution in [0.2, 0.25) is 0 Å². The van der Waals surface area contributed by atoms with Crippen LogP contribution in [-0.4, -0.2) is 42.6 Å². The molecule has 1 heterocycles. The van der Waals surface area contributed by atoms with Gasteiger partial charge in [0.15, 0.2) is 0 Å². The first-order chi connectivity index (χ1) is 12.5. The summed E-state index contributed by atoms with van der Waals surface area (Å²) in [5.41, 5.74) is 6.21. The molecule has 0 aliphatic carbocycles. The number of anilines is 1. The highest BCUT2D eigenvalue weighted by Gasteiger charge is 2.21. The van der Waals surface area contributed by atoms with Crippen LogP contribution in [0.1, 0.15) is 27.0 Å². The highest BCUT2D eigenvalue weighted by molar-refractivity contribution is 5.93. The zero-order valence-electron chi connectivity index (χ0n) is 15.0. The fraction of sp³-hybridized carbons (Fsp3) is 0.300. The van der Waals surface area contributed by atoms with Gasteiger partial charge in [0.25, 0.3) is 5.91 Å². The van der Waals surface area contributed by atoms with Crippen molar-refractivity contribution in [2.24, 2.45) is 0 Å². The van der Waals surface area contributed by atoms with E-state index < -0.39 is 5.91 Å². The Morgan fingerprint density at radius 1 is 1.12 bits per heavy atom. The third kappa shape index (κ3) is 3.86. The lowest BCUT2D eigenvalue weighted by Crippen LogP contribution is -2.37. The molecule has 6 nitrogen and oxygen atoms in total. The highest BCUT2D eigenvalue weighted by Crippen LogP contribution is 2.22. The number of hydrogen-bond acceptors (Lipinski definition) is 4. The van der Waals surface area contributed by atoms with Gasteiger partial charge in [0.05, 0.1) is 6.42 Å². The lowest BCUT2D eigenvalue weighted by Gasteiger charge is -2.29. The molecule has 136 valence electrons. The molecule has 0 radical (unpaired) electrons. The van der Waals surface area contributed by atoms with E-state index in [0.29, 0.717) is 25.1 Å². The molecule has 2 aromatic carbocycles. The fourth-order valence-corrected chi connectivity index (χ4v) is 3.17. The summed E-state index contributed by atoms with van der Waals surface area (Å²) in [5.74, 6) is -0.470. The molecule has 0 saturated heterocycles. The van der Waals surface area contributed by atoms with Crippen LogP contribution < -0.4 is 10.4 Å². The number of fused-ring (bicyclic) bond motifs is 1. The molecular formula is C20H23N3O3. The van der Waals surface area contributed by atoms with Crippen molar-refractivity contribution in [3.63, 3.8) is 0 Å². The second-order valence-corrected chi connectivity index (χ2v) is 6.73. The van der Waals surface area contributed by atoms with E-state index in [1.54, 1.807) is 17.6 Å². The normalized spacial score (nSPS) is 13.1. The van der Waals surface area contributed by atoms with E-state index in [2.05, 4.69) is 0 Å². The standard InChI is InChI=1S/C20H23N3O3/c1-22(2)18-7-3-14(4-8-18)11-19(24)23-10-9-15-5-6-16(20(25)21-26)12-17(15)13-23/h3-8,12,26H,9-11,13H2,1-2H3,(H,21,25). The summed E-state index contributed by atoms with van der Waals surface area (Å²) in [6.45, 7) is 1.16. The van der Waals surface area contributed by atoms with Gasteiger partial charge >= 0.3 is 0 Å². The minimum atomic E-state index is -0.544. The van der Waals surface area contributed by atoms with Gasteiger partial charge in [0.2, 0.25) is 5.91 Å². The molecule has 0 fully saturated rings. The van der Waals surface area contributed by atoms with E-state index in [1.807, 2.05) is 54.2 Å². The topological polar surface area (TPSA) is 72.9 Å². The molecule has 0 saturated carbocycles. The van der Waals surface area contributed by atoms with Crippen molar-refractivity contribution in [1.82, 2.24) is 10.4 Å². The highest BCUT2D eigenvalue weighted by atomic mass is 16.5. The zero-order chi connectivity index (χ0) is 18.7. The van der Waals surface area contributed by atoms with Crippen molar-refractivity contribution in [1.29, 1.82) is 0 Å². The number of nitrogens with one attached hydrogen (secondary N) is 1. The molecule has 1 aliphatic heterocycles. The first kappa shape index (κ1) is 17.9. The average molecular weight is 353 g/mol. The van der Waals surface area contributed by atoms with Gasteiger partial charge in [-0.05, 0) is 47.4 Å². The maximum Gasteiger partial charge on any atom is 0.274 e. The summed E-state index contributed by atoms with van der Waals surface area (Å²) in [7, 11) is 3.97. The lowest BCUT2D eigenvalue weighted by atomic mass is 9.96. The predicted octanol–water partition coefficient (Wildman–Crippen LogP) is 2.00. The molecule has 0 aromatic heterocycles. The number of carbonyl (C=O) groups is 2. The Morgan fingerprint density at radius 2 is 1.85 bits per heavy atom. The van der Waals surface area contributed by atoms with Gasteiger partial charge in [0, 0.05) is 38.4 Å². The summed E-state index contributed by atoms with van der Waals surface area (Å²) < 4.78 is 0. The number of nitrogens with zero attached hydrogens (tertiary/aromatic N) is 2. The van der Waals surface area contributed by atoms with Gasteiger partial charge in [-0.1, -0.05) is 18.2 Å². The minimum absolute atomic E-state index is 0.0743. The van der Waals surface area contributed by atoms with Gasteiger partial charge in [-0.2, -0.15) is 0 Å². The van der Waals surface area contributed by atoms with Crippen LogP contribution in [0.3, 0.4) is 0 Å². The van der Waals surface area contributed by atoms with Crippen molar-refractivity contribution in [3.05, 3.63) is 64.7 Å². The number of hydrogen-bond donors (Lipinski definition) is 2. The number of benzene rings is 2. The third-order valence-corrected chi connectivity index (χ3v) is 4.74. The summed E-state index contributed by atoms with van der Waals surface area (Å²) in [6, 6.07) is 13.3. The maximum atomic E-state index is 12.7. The monoisotopic (exact) mass is 353 g/mol. The lowest BCUT2D eigenvalue weighted by molar-refractivity contribution is -0.131. The molecule has 2 N–H and O–H groups in total. The summed E-state index contributed by atoms with van der Waals surface area (Å²) >= 11 is 0. The van der Waals surface area contributed by atoms with Crippen molar-refractivity contribution in [3.8, 4) is 0 Å². The van der Waals surface area contributed by atoms with E-state index in [9.17, 15) is 9.59 Å². The van der Waals surface area contributed by atoms with E-state index >= 15 is 0 Å². The van der Waals surface area contributed by atoms with Crippen LogP contribution in [-0.2, 0) is 24.2 Å². The third-order valence-electron chi connectivity index (χ3n) is 4.74. The molecule has 0 unspecified atom stereocenters. The molecule has 0 atom stereocenters. The fourth-order valence-electron chi connectivity index (χ4n) is 3.17. The van der Waals surface area contributed by atoms with Crippen LogP contribution >= 0.6 is 0 Å². The van der Waals surface area contributed by atoms with Crippen LogP contribution in [0.5, 0.6) is 0 Å². The summed E-state index contributed by atoms with van der Waals surface area (Å²) in [6.07, 6.45) is 1.13. The molecule has 26 heavy (non-hydrogen) atoms. The van der Waals surface area contributed by atoms with Crippen molar-refractivity contribution in [2.45, 2.75) is 19.4 Å². The van der Waals surface area contributed by atoms with Gasteiger partial charge in [-0.25, -0.2) is 5.48 Å². The van der Waals surface area contributed by atoms with E-state index in [4.69, 9.17) is 5.21 Å². The van der Waals surface area contributed by atoms with Gasteiger partial charge in [0.1, 0.15) is 0 Å². The second kappa shape index (κ2) is 7.58. The van der Waals surface area contributed by atoms with E-state index in [-0.39, 0.29) is 5.91 Å². The maximum absolute atomic E-state index is 12.7. The van der Waals surface area contributed by atoms with Crippen LogP contribution in [0, 0.1) is 0 Å². The molecule has 3 rings (SSSR count). The van der Waals surface area contributed by atoms with Crippen molar-refractivity contribution in [2.75, 3.05) is 25.5 Å². The Hall–Kier alpha value is -2.86. The quantitative estimate of drug-likeness (QED) is 0.651. The molecular weight excluding hydrogens is 330 g/mol. The van der Waals surface area contributed by atoms with E-state index in [0.717, 1.165) is 28.8 Å². The van der Waals surface area contributed by atoms with Crippen LogP contribution in [0.15, 0.2) is 42.5 Å². The smallest absolute Gasteiger partial charge is 0.274 e. The molecule has 6 heteroatoms. The molecule has 2 amide bonds. The van der Waals surface area contributed by atoms with Crippen molar-refractivity contribution < 1.29 is 14.8 Å². The number of hydroxylamine groups is 1. The Kier molecular flexibility index (Phi) is 5.23. The first-order valence-electron chi connectivity index (χ1n) is 8.58. The number of carbonyl (C=O) groups excluding carboxylic acids is 2. The van der Waals surface area contributed by atoms with Gasteiger partial charge < -0.3 is 9.80 Å². The van der Waals surface area contributed by atoms with Gasteiger partial charge in [-0.15, -0.1) is 0 Å². The Labute approximate surface area is 153 Å². The summed E-state index contributed by atoms with van der Waals surface area (Å²) in [5, 5.41) is 8.78. The van der Waals surface area contributed by atoms with Crippen LogP contribution in [0.25, 0.3) is 0 Å². The molecule has 0 spiro atoms. The second-order valence-electron chi connectivity index (χ2n) is 6.73. The first-order valence-corrected chi connectivity index (χ1v) is 8.58. The molecule has 1 aliphatic rings. The average Bonchev–Trinajstić information content (AvgIpc) is 2.66. The Balaban J connectivity index is 1.69. The Bertz CT molecular complexity index is 816. The number of amides is 2. The predicted molar refractivity (Wildman–Crippen MR) is 99.3 cm³/mol. The summed E-state index contributed by atoms with van der Waals surface area (Å²) in [4.78, 5) is 28.1. The minimum Gasteiger partial charge on any atom is -0.378 e. The number of rotatable bonds is 4. The van der Waals surface area contributed by atoms with Gasteiger partial charge in [-0.3, -0.25) is 14.8 Å². The molecule has 2 aromatic rings. The molecule has 0 bridgehead atoms. The van der Waals surface area contributed by atoms with Crippen LogP contribution in [0.4, 0.5) is 5.69 Å². The zero-order valence-corrected chi connectivity index (χ0v) is 15.0.